The minimum Gasteiger partial charge on any atom is -0.373 e. The van der Waals surface area contributed by atoms with Crippen molar-refractivity contribution in [2.45, 2.75) is 50.8 Å². The number of morpholine rings is 1. The van der Waals surface area contributed by atoms with Crippen molar-refractivity contribution in [3.8, 4) is 0 Å². The molecule has 1 aromatic heterocycles. The zero-order chi connectivity index (χ0) is 27.8. The van der Waals surface area contributed by atoms with Gasteiger partial charge in [0.1, 0.15) is 5.00 Å². The molecule has 2 atom stereocenters. The molecule has 14 heteroatoms. The fourth-order valence-corrected chi connectivity index (χ4v) is 7.45. The Labute approximate surface area is 224 Å². The quantitative estimate of drug-likeness (QED) is 0.495. The lowest BCUT2D eigenvalue weighted by Gasteiger charge is -2.34. The summed E-state index contributed by atoms with van der Waals surface area (Å²) in [6.45, 7) is 6.19. The molecule has 12 nitrogen and oxygen atoms in total. The van der Waals surface area contributed by atoms with E-state index in [0.717, 1.165) is 11.3 Å². The predicted molar refractivity (Wildman–Crippen MR) is 139 cm³/mol. The largest absolute Gasteiger partial charge is 0.373 e. The summed E-state index contributed by atoms with van der Waals surface area (Å²) in [6.07, 6.45) is -0.105. The number of carbonyl (C=O) groups is 4. The van der Waals surface area contributed by atoms with E-state index in [1.54, 1.807) is 4.90 Å². The van der Waals surface area contributed by atoms with Crippen LogP contribution in [0.5, 0.6) is 0 Å². The van der Waals surface area contributed by atoms with Crippen molar-refractivity contribution in [3.05, 3.63) is 45.8 Å². The fourth-order valence-electron chi connectivity index (χ4n) is 4.60. The predicted octanol–water partition coefficient (Wildman–Crippen LogP) is 1.51. The second-order valence-electron chi connectivity index (χ2n) is 9.27. The van der Waals surface area contributed by atoms with Crippen molar-refractivity contribution in [2.75, 3.05) is 25.0 Å². The molecular weight excluding hydrogens is 534 g/mol. The number of urea groups is 1. The monoisotopic (exact) mass is 563 g/mol. The van der Waals surface area contributed by atoms with Gasteiger partial charge in [0.15, 0.2) is 0 Å². The first-order chi connectivity index (χ1) is 17.9. The molecule has 0 radical (unpaired) electrons. The SMILES string of the molecule is CC(=O)N1CCc2c(sc(NC(=O)c3ccc(S(=O)(=O)N4CC(C)OC(C)C4)cc3)c2C(=O)NC(N)=O)C1. The van der Waals surface area contributed by atoms with Crippen molar-refractivity contribution >= 4 is 50.1 Å². The maximum Gasteiger partial charge on any atom is 0.319 e. The van der Waals surface area contributed by atoms with Gasteiger partial charge in [0.25, 0.3) is 11.8 Å². The lowest BCUT2D eigenvalue weighted by molar-refractivity contribution is -0.129. The Morgan fingerprint density at radius 3 is 2.26 bits per heavy atom. The number of imide groups is 1. The Hall–Kier alpha value is -3.33. The fraction of sp³-hybridized carbons (Fsp3) is 0.417. The molecule has 1 aromatic carbocycles. The molecule has 204 valence electrons. The normalized spacial score (nSPS) is 19.9. The molecule has 38 heavy (non-hydrogen) atoms. The van der Waals surface area contributed by atoms with E-state index in [1.165, 1.54) is 35.5 Å². The van der Waals surface area contributed by atoms with Crippen LogP contribution in [-0.2, 0) is 32.5 Å². The number of ether oxygens (including phenoxy) is 1. The third-order valence-corrected chi connectivity index (χ3v) is 9.31. The van der Waals surface area contributed by atoms with Crippen molar-refractivity contribution < 1.29 is 32.3 Å². The summed E-state index contributed by atoms with van der Waals surface area (Å²) >= 11 is 1.13. The molecule has 0 aliphatic carbocycles. The summed E-state index contributed by atoms with van der Waals surface area (Å²) in [7, 11) is -3.78. The van der Waals surface area contributed by atoms with Gasteiger partial charge in [-0.2, -0.15) is 4.31 Å². The number of benzene rings is 1. The highest BCUT2D eigenvalue weighted by Crippen LogP contribution is 2.37. The molecule has 4 N–H and O–H groups in total. The van der Waals surface area contributed by atoms with E-state index in [4.69, 9.17) is 10.5 Å². The Bertz CT molecular complexity index is 1380. The van der Waals surface area contributed by atoms with Crippen LogP contribution >= 0.6 is 11.3 Å². The molecule has 0 spiro atoms. The highest BCUT2D eigenvalue weighted by Gasteiger charge is 2.33. The molecule has 4 rings (SSSR count). The molecule has 1 fully saturated rings. The van der Waals surface area contributed by atoms with Crippen molar-refractivity contribution in [1.29, 1.82) is 0 Å². The minimum atomic E-state index is -3.78. The number of hydrogen-bond acceptors (Lipinski definition) is 8. The van der Waals surface area contributed by atoms with E-state index < -0.39 is 27.9 Å². The first-order valence-corrected chi connectivity index (χ1v) is 14.2. The van der Waals surface area contributed by atoms with Crippen LogP contribution in [0.2, 0.25) is 0 Å². The maximum absolute atomic E-state index is 13.1. The highest BCUT2D eigenvalue weighted by molar-refractivity contribution is 7.89. The number of nitrogens with two attached hydrogens (primary N) is 1. The van der Waals surface area contributed by atoms with E-state index in [-0.39, 0.29) is 58.8 Å². The first-order valence-electron chi connectivity index (χ1n) is 11.9. The van der Waals surface area contributed by atoms with Gasteiger partial charge in [-0.25, -0.2) is 13.2 Å². The number of nitrogens with zero attached hydrogens (tertiary/aromatic N) is 2. The van der Waals surface area contributed by atoms with Crippen LogP contribution in [0.15, 0.2) is 29.2 Å². The third kappa shape index (κ3) is 5.72. The molecular formula is C24H29N5O7S2. The molecule has 0 bridgehead atoms. The van der Waals surface area contributed by atoms with Crippen LogP contribution in [0, 0.1) is 0 Å². The second-order valence-corrected chi connectivity index (χ2v) is 12.3. The van der Waals surface area contributed by atoms with Crippen LogP contribution in [0.1, 0.15) is 51.9 Å². The van der Waals surface area contributed by atoms with Gasteiger partial charge in [0.2, 0.25) is 15.9 Å². The van der Waals surface area contributed by atoms with Crippen molar-refractivity contribution in [3.63, 3.8) is 0 Å². The molecule has 5 amide bonds. The minimum absolute atomic E-state index is 0.0489. The lowest BCUT2D eigenvalue weighted by Crippen LogP contribution is -2.48. The number of nitrogens with one attached hydrogen (secondary N) is 2. The topological polar surface area (TPSA) is 168 Å². The van der Waals surface area contributed by atoms with Gasteiger partial charge in [-0.1, -0.05) is 0 Å². The molecule has 3 heterocycles. The van der Waals surface area contributed by atoms with E-state index in [0.29, 0.717) is 23.4 Å². The number of primary amides is 1. The number of fused-ring (bicyclic) bond motifs is 1. The molecule has 2 aliphatic heterocycles. The highest BCUT2D eigenvalue weighted by atomic mass is 32.2. The Balaban J connectivity index is 1.57. The van der Waals surface area contributed by atoms with E-state index in [9.17, 15) is 27.6 Å². The summed E-state index contributed by atoms with van der Waals surface area (Å²) in [5.74, 6) is -1.44. The summed E-state index contributed by atoms with van der Waals surface area (Å²) in [4.78, 5) is 51.4. The number of rotatable bonds is 5. The molecule has 2 aliphatic rings. The average Bonchev–Trinajstić information content (AvgIpc) is 3.20. The smallest absolute Gasteiger partial charge is 0.319 e. The summed E-state index contributed by atoms with van der Waals surface area (Å²) in [5.41, 5.74) is 6.06. The van der Waals surface area contributed by atoms with Crippen LogP contribution < -0.4 is 16.4 Å². The van der Waals surface area contributed by atoms with E-state index in [1.807, 2.05) is 19.2 Å². The Kier molecular flexibility index (Phi) is 7.88. The molecule has 1 saturated heterocycles. The van der Waals surface area contributed by atoms with Crippen LogP contribution in [0.4, 0.5) is 9.80 Å². The average molecular weight is 564 g/mol. The number of amides is 5. The van der Waals surface area contributed by atoms with Crippen molar-refractivity contribution in [2.24, 2.45) is 5.73 Å². The number of sulfonamides is 1. The van der Waals surface area contributed by atoms with Gasteiger partial charge >= 0.3 is 6.03 Å². The van der Waals surface area contributed by atoms with Gasteiger partial charge in [-0.15, -0.1) is 11.3 Å². The van der Waals surface area contributed by atoms with Crippen molar-refractivity contribution in [1.82, 2.24) is 14.5 Å². The van der Waals surface area contributed by atoms with Gasteiger partial charge in [0, 0.05) is 37.0 Å². The standard InChI is InChI=1S/C24H29N5O7S2/c1-13-10-29(11-14(2)36-13)38(34,35)17-6-4-16(5-7-17)21(31)26-23-20(22(32)27-24(25)33)18-8-9-28(15(3)30)12-19(18)37-23/h4-7,13-14H,8-12H2,1-3H3,(H,26,31)(H3,25,27,32,33). The Morgan fingerprint density at radius 1 is 1.05 bits per heavy atom. The molecule has 2 unspecified atom stereocenters. The lowest BCUT2D eigenvalue weighted by atomic mass is 10.0. The zero-order valence-corrected chi connectivity index (χ0v) is 22.8. The Morgan fingerprint density at radius 2 is 1.68 bits per heavy atom. The summed E-state index contributed by atoms with van der Waals surface area (Å²) in [5, 5.41) is 4.95. The van der Waals surface area contributed by atoms with Crippen LogP contribution in [0.25, 0.3) is 0 Å². The number of anilines is 1. The molecule has 0 saturated carbocycles. The van der Waals surface area contributed by atoms with E-state index >= 15 is 0 Å². The van der Waals surface area contributed by atoms with Gasteiger partial charge in [0.05, 0.1) is 29.2 Å². The van der Waals surface area contributed by atoms with Crippen LogP contribution in [-0.4, -0.2) is 73.2 Å². The van der Waals surface area contributed by atoms with Crippen LogP contribution in [0.3, 0.4) is 0 Å². The van der Waals surface area contributed by atoms with Gasteiger partial charge in [-0.05, 0) is 50.1 Å². The number of thiophene rings is 1. The molecule has 2 aromatic rings. The number of hydrogen-bond donors (Lipinski definition) is 3. The summed E-state index contributed by atoms with van der Waals surface area (Å²) in [6, 6.07) is 4.47. The van der Waals surface area contributed by atoms with E-state index in [2.05, 4.69) is 5.32 Å². The third-order valence-electron chi connectivity index (χ3n) is 6.33. The first kappa shape index (κ1) is 27.7. The zero-order valence-electron chi connectivity index (χ0n) is 21.1. The number of carbonyl (C=O) groups excluding carboxylic acids is 4. The van der Waals surface area contributed by atoms with Gasteiger partial charge in [-0.3, -0.25) is 19.7 Å². The summed E-state index contributed by atoms with van der Waals surface area (Å²) < 4.78 is 33.2. The van der Waals surface area contributed by atoms with Gasteiger partial charge < -0.3 is 20.7 Å². The maximum atomic E-state index is 13.1. The second kappa shape index (κ2) is 10.8.